The maximum atomic E-state index is 11.0. The van der Waals surface area contributed by atoms with Crippen LogP contribution in [0.15, 0.2) is 47.7 Å². The first-order valence-corrected chi connectivity index (χ1v) is 8.46. The minimum atomic E-state index is -0.0585. The van der Waals surface area contributed by atoms with Crippen molar-refractivity contribution in [1.82, 2.24) is 20.4 Å². The Labute approximate surface area is 171 Å². The van der Waals surface area contributed by atoms with Crippen molar-refractivity contribution in [2.45, 2.75) is 26.3 Å². The van der Waals surface area contributed by atoms with Crippen molar-refractivity contribution >= 4 is 41.5 Å². The molecule has 1 aromatic heterocycles. The zero-order valence-corrected chi connectivity index (χ0v) is 17.6. The molecule has 3 N–H and O–H groups in total. The largest absolute Gasteiger partial charge is 0.356 e. The van der Waals surface area contributed by atoms with E-state index in [1.165, 1.54) is 12.5 Å². The summed E-state index contributed by atoms with van der Waals surface area (Å²) in [5, 5.41) is 13.5. The van der Waals surface area contributed by atoms with E-state index in [9.17, 15) is 4.79 Å². The number of hydrogen-bond acceptors (Lipinski definition) is 3. The predicted molar refractivity (Wildman–Crippen MR) is 116 cm³/mol. The molecule has 0 fully saturated rings. The Morgan fingerprint density at radius 3 is 2.54 bits per heavy atom. The molecule has 26 heavy (non-hydrogen) atoms. The molecule has 0 bridgehead atoms. The third-order valence-corrected chi connectivity index (χ3v) is 3.62. The first kappa shape index (κ1) is 21.9. The average molecular weight is 470 g/mol. The van der Waals surface area contributed by atoms with Crippen LogP contribution in [0.1, 0.15) is 18.9 Å². The zero-order chi connectivity index (χ0) is 17.9. The summed E-state index contributed by atoms with van der Waals surface area (Å²) < 4.78 is 1.92. The SMILES string of the molecule is CN=C(NCCCn1cccn1)NCCc1ccc(NC(C)=O)cc1.I. The third kappa shape index (κ3) is 8.32. The number of benzene rings is 1. The van der Waals surface area contributed by atoms with Crippen molar-refractivity contribution in [3.8, 4) is 0 Å². The van der Waals surface area contributed by atoms with Crippen molar-refractivity contribution in [2.75, 3.05) is 25.5 Å². The number of aryl methyl sites for hydroxylation is 1. The summed E-state index contributed by atoms with van der Waals surface area (Å²) >= 11 is 0. The van der Waals surface area contributed by atoms with E-state index in [-0.39, 0.29) is 29.9 Å². The number of nitrogens with one attached hydrogen (secondary N) is 3. The van der Waals surface area contributed by atoms with Crippen LogP contribution in [0, 0.1) is 0 Å². The topological polar surface area (TPSA) is 83.3 Å². The first-order chi connectivity index (χ1) is 12.2. The van der Waals surface area contributed by atoms with Crippen LogP contribution in [-0.4, -0.2) is 41.8 Å². The van der Waals surface area contributed by atoms with Gasteiger partial charge >= 0.3 is 0 Å². The lowest BCUT2D eigenvalue weighted by Crippen LogP contribution is -2.39. The van der Waals surface area contributed by atoms with Crippen molar-refractivity contribution in [1.29, 1.82) is 0 Å². The molecular formula is C18H27IN6O. The van der Waals surface area contributed by atoms with E-state index in [0.29, 0.717) is 0 Å². The van der Waals surface area contributed by atoms with Gasteiger partial charge in [0.05, 0.1) is 0 Å². The molecule has 1 aromatic carbocycles. The van der Waals surface area contributed by atoms with E-state index >= 15 is 0 Å². The number of nitrogens with zero attached hydrogens (tertiary/aromatic N) is 3. The molecule has 0 spiro atoms. The minimum Gasteiger partial charge on any atom is -0.356 e. The first-order valence-electron chi connectivity index (χ1n) is 8.46. The molecule has 2 rings (SSSR count). The molecule has 0 unspecified atom stereocenters. The number of anilines is 1. The number of halogens is 1. The Morgan fingerprint density at radius 1 is 1.19 bits per heavy atom. The molecule has 1 heterocycles. The van der Waals surface area contributed by atoms with E-state index in [1.54, 1.807) is 13.2 Å². The Hall–Kier alpha value is -2.10. The number of guanidine groups is 1. The summed E-state index contributed by atoms with van der Waals surface area (Å²) in [7, 11) is 1.77. The highest BCUT2D eigenvalue weighted by Gasteiger charge is 2.00. The Bertz CT molecular complexity index is 669. The fourth-order valence-electron chi connectivity index (χ4n) is 2.38. The highest BCUT2D eigenvalue weighted by molar-refractivity contribution is 14.0. The van der Waals surface area contributed by atoms with Gasteiger partial charge in [0, 0.05) is 51.7 Å². The Kier molecular flexibility index (Phi) is 10.4. The van der Waals surface area contributed by atoms with Gasteiger partial charge in [0.1, 0.15) is 0 Å². The standard InChI is InChI=1S/C18H26N6O.HI/c1-15(25)23-17-7-5-16(6-8-17)9-12-21-18(19-2)20-10-3-13-24-14-4-11-22-24;/h4-8,11,14H,3,9-10,12-13H2,1-2H3,(H,23,25)(H2,19,20,21);1H. The van der Waals surface area contributed by atoms with Crippen LogP contribution in [0.3, 0.4) is 0 Å². The molecule has 7 nitrogen and oxygen atoms in total. The number of amides is 1. The summed E-state index contributed by atoms with van der Waals surface area (Å²) in [5.41, 5.74) is 2.02. The third-order valence-electron chi connectivity index (χ3n) is 3.62. The maximum Gasteiger partial charge on any atom is 0.221 e. The monoisotopic (exact) mass is 470 g/mol. The number of hydrogen-bond donors (Lipinski definition) is 3. The normalized spacial score (nSPS) is 10.8. The van der Waals surface area contributed by atoms with E-state index in [4.69, 9.17) is 0 Å². The fraction of sp³-hybridized carbons (Fsp3) is 0.389. The summed E-state index contributed by atoms with van der Waals surface area (Å²) in [6.45, 7) is 4.02. The van der Waals surface area contributed by atoms with Crippen LogP contribution in [0.4, 0.5) is 5.69 Å². The lowest BCUT2D eigenvalue weighted by atomic mass is 10.1. The second-order valence-electron chi connectivity index (χ2n) is 5.68. The van der Waals surface area contributed by atoms with Crippen LogP contribution in [0.2, 0.25) is 0 Å². The fourth-order valence-corrected chi connectivity index (χ4v) is 2.38. The van der Waals surface area contributed by atoms with Crippen LogP contribution in [-0.2, 0) is 17.8 Å². The molecular weight excluding hydrogens is 443 g/mol. The second-order valence-corrected chi connectivity index (χ2v) is 5.68. The van der Waals surface area contributed by atoms with Gasteiger partial charge < -0.3 is 16.0 Å². The molecule has 0 aliphatic rings. The molecule has 0 radical (unpaired) electrons. The summed E-state index contributed by atoms with van der Waals surface area (Å²) in [6.07, 6.45) is 5.61. The van der Waals surface area contributed by atoms with Crippen molar-refractivity contribution in [3.05, 3.63) is 48.3 Å². The van der Waals surface area contributed by atoms with E-state index < -0.39 is 0 Å². The van der Waals surface area contributed by atoms with Gasteiger partial charge in [0.25, 0.3) is 0 Å². The molecule has 0 saturated carbocycles. The van der Waals surface area contributed by atoms with Crippen molar-refractivity contribution < 1.29 is 4.79 Å². The van der Waals surface area contributed by atoms with Crippen LogP contribution >= 0.6 is 24.0 Å². The number of rotatable bonds is 8. The van der Waals surface area contributed by atoms with Gasteiger partial charge in [-0.05, 0) is 36.6 Å². The molecule has 0 aliphatic heterocycles. The summed E-state index contributed by atoms with van der Waals surface area (Å²) in [4.78, 5) is 15.2. The van der Waals surface area contributed by atoms with Crippen LogP contribution < -0.4 is 16.0 Å². The van der Waals surface area contributed by atoms with Crippen LogP contribution in [0.5, 0.6) is 0 Å². The molecule has 0 atom stereocenters. The van der Waals surface area contributed by atoms with Gasteiger partial charge in [-0.2, -0.15) is 5.10 Å². The average Bonchev–Trinajstić information content (AvgIpc) is 3.11. The smallest absolute Gasteiger partial charge is 0.221 e. The molecule has 1 amide bonds. The molecule has 142 valence electrons. The van der Waals surface area contributed by atoms with Crippen LogP contribution in [0.25, 0.3) is 0 Å². The summed E-state index contributed by atoms with van der Waals surface area (Å²) in [6, 6.07) is 9.80. The van der Waals surface area contributed by atoms with Gasteiger partial charge in [-0.3, -0.25) is 14.5 Å². The quantitative estimate of drug-likeness (QED) is 0.239. The van der Waals surface area contributed by atoms with E-state index in [2.05, 4.69) is 26.0 Å². The molecule has 0 aliphatic carbocycles. The lowest BCUT2D eigenvalue weighted by molar-refractivity contribution is -0.114. The van der Waals surface area contributed by atoms with Crippen molar-refractivity contribution in [2.24, 2.45) is 4.99 Å². The van der Waals surface area contributed by atoms with Gasteiger partial charge in [-0.1, -0.05) is 12.1 Å². The van der Waals surface area contributed by atoms with Crippen molar-refractivity contribution in [3.63, 3.8) is 0 Å². The molecule has 2 aromatic rings. The number of carbonyl (C=O) groups is 1. The molecule has 0 saturated heterocycles. The predicted octanol–water partition coefficient (Wildman–Crippen LogP) is 2.26. The van der Waals surface area contributed by atoms with Gasteiger partial charge in [0.15, 0.2) is 5.96 Å². The highest BCUT2D eigenvalue weighted by atomic mass is 127. The minimum absolute atomic E-state index is 0. The second kappa shape index (κ2) is 12.3. The Morgan fingerprint density at radius 2 is 1.92 bits per heavy atom. The maximum absolute atomic E-state index is 11.0. The number of carbonyl (C=O) groups excluding carboxylic acids is 1. The highest BCUT2D eigenvalue weighted by Crippen LogP contribution is 2.09. The molecule has 8 heteroatoms. The number of aliphatic imine (C=N–C) groups is 1. The number of aromatic nitrogens is 2. The van der Waals surface area contributed by atoms with E-state index in [0.717, 1.165) is 44.1 Å². The van der Waals surface area contributed by atoms with Gasteiger partial charge in [-0.25, -0.2) is 0 Å². The summed E-state index contributed by atoms with van der Waals surface area (Å²) in [5.74, 6) is 0.743. The lowest BCUT2D eigenvalue weighted by Gasteiger charge is -2.12. The van der Waals surface area contributed by atoms with Gasteiger partial charge in [0.2, 0.25) is 5.91 Å². The van der Waals surface area contributed by atoms with E-state index in [1.807, 2.05) is 41.2 Å². The Balaban J connectivity index is 0.00000338. The zero-order valence-electron chi connectivity index (χ0n) is 15.2. The van der Waals surface area contributed by atoms with Gasteiger partial charge in [-0.15, -0.1) is 24.0 Å².